The molecule has 3 rings (SSSR count). The van der Waals surface area contributed by atoms with E-state index in [1.165, 1.54) is 12.3 Å². The zero-order valence-electron chi connectivity index (χ0n) is 18.2. The van der Waals surface area contributed by atoms with Gasteiger partial charge in [0.1, 0.15) is 16.2 Å². The van der Waals surface area contributed by atoms with Gasteiger partial charge < -0.3 is 14.2 Å². The fraction of sp³-hybridized carbons (Fsp3) is 0.714. The number of rotatable bonds is 2. The molecule has 29 heavy (non-hydrogen) atoms. The average molecular weight is 426 g/mol. The van der Waals surface area contributed by atoms with Crippen molar-refractivity contribution in [2.45, 2.75) is 77.2 Å². The zero-order chi connectivity index (χ0) is 21.6. The minimum atomic E-state index is -1.31. The molecule has 2 atom stereocenters. The van der Waals surface area contributed by atoms with Crippen molar-refractivity contribution in [2.75, 3.05) is 13.1 Å². The molecule has 1 aromatic rings. The third-order valence-corrected chi connectivity index (χ3v) is 7.17. The van der Waals surface area contributed by atoms with Crippen LogP contribution < -0.4 is 4.72 Å². The maximum absolute atomic E-state index is 14.0. The Kier molecular flexibility index (Phi) is 5.93. The maximum Gasteiger partial charge on any atom is 0.410 e. The van der Waals surface area contributed by atoms with E-state index in [1.54, 1.807) is 4.90 Å². The maximum atomic E-state index is 14.0. The normalized spacial score (nSPS) is 22.5. The second kappa shape index (κ2) is 7.71. The standard InChI is InChI=1S/C21H32FN3O3S/c1-19(2,3)28-18(26)25-9-7-21(8-10-25)12-16-15(11-14(22)13-23-16)17(21)24-29(27)20(4,5)6/h11,13,17,24H,7-10,12H2,1-6H3/t17-,29?/m1/s1. The largest absolute Gasteiger partial charge is 0.598 e. The number of halogens is 1. The summed E-state index contributed by atoms with van der Waals surface area (Å²) >= 11 is -1.31. The van der Waals surface area contributed by atoms with Gasteiger partial charge in [0.05, 0.1) is 12.2 Å². The highest BCUT2D eigenvalue weighted by atomic mass is 32.2. The number of aromatic nitrogens is 1. The van der Waals surface area contributed by atoms with Crippen LogP contribution >= 0.6 is 0 Å². The fourth-order valence-electron chi connectivity index (χ4n) is 4.05. The van der Waals surface area contributed by atoms with Gasteiger partial charge in [-0.15, -0.1) is 4.72 Å². The number of nitrogens with one attached hydrogen (secondary N) is 1. The molecule has 0 saturated carbocycles. The highest BCUT2D eigenvalue weighted by Gasteiger charge is 2.52. The number of pyridine rings is 1. The highest BCUT2D eigenvalue weighted by Crippen LogP contribution is 2.52. The lowest BCUT2D eigenvalue weighted by molar-refractivity contribution is 0.00711. The first-order valence-electron chi connectivity index (χ1n) is 10.1. The van der Waals surface area contributed by atoms with Crippen LogP contribution in [0.4, 0.5) is 9.18 Å². The zero-order valence-corrected chi connectivity index (χ0v) is 19.0. The molecule has 1 aliphatic carbocycles. The molecule has 162 valence electrons. The van der Waals surface area contributed by atoms with Crippen LogP contribution in [0.2, 0.25) is 0 Å². The first kappa shape index (κ1) is 22.3. The minimum absolute atomic E-state index is 0.247. The Morgan fingerprint density at radius 3 is 2.48 bits per heavy atom. The molecule has 0 radical (unpaired) electrons. The number of hydrogen-bond acceptors (Lipinski definition) is 5. The van der Waals surface area contributed by atoms with Gasteiger partial charge in [-0.2, -0.15) is 0 Å². The van der Waals surface area contributed by atoms with Crippen LogP contribution in [0, 0.1) is 11.2 Å². The Hall–Kier alpha value is -1.38. The van der Waals surface area contributed by atoms with Gasteiger partial charge in [-0.1, -0.05) is 0 Å². The fourth-order valence-corrected chi connectivity index (χ4v) is 4.99. The Labute approximate surface area is 175 Å². The molecule has 1 amide bonds. The van der Waals surface area contributed by atoms with Crippen molar-refractivity contribution >= 4 is 17.5 Å². The highest BCUT2D eigenvalue weighted by molar-refractivity contribution is 7.90. The Morgan fingerprint density at radius 1 is 1.31 bits per heavy atom. The Bertz CT molecular complexity index is 767. The smallest absolute Gasteiger partial charge is 0.410 e. The molecule has 1 saturated heterocycles. The topological polar surface area (TPSA) is 77.5 Å². The number of ether oxygens (including phenoxy) is 1. The van der Waals surface area contributed by atoms with E-state index in [-0.39, 0.29) is 23.4 Å². The van der Waals surface area contributed by atoms with E-state index in [4.69, 9.17) is 4.74 Å². The third-order valence-electron chi connectivity index (χ3n) is 5.61. The van der Waals surface area contributed by atoms with Gasteiger partial charge in [0, 0.05) is 35.6 Å². The number of piperidine rings is 1. The summed E-state index contributed by atoms with van der Waals surface area (Å²) in [5.74, 6) is -0.389. The number of hydrogen-bond donors (Lipinski definition) is 1. The summed E-state index contributed by atoms with van der Waals surface area (Å²) in [6.07, 6.45) is 3.04. The van der Waals surface area contributed by atoms with E-state index >= 15 is 0 Å². The molecule has 0 aromatic carbocycles. The van der Waals surface area contributed by atoms with Crippen molar-refractivity contribution in [2.24, 2.45) is 5.41 Å². The predicted molar refractivity (Wildman–Crippen MR) is 111 cm³/mol. The third kappa shape index (κ3) is 4.86. The summed E-state index contributed by atoms with van der Waals surface area (Å²) in [7, 11) is 0. The van der Waals surface area contributed by atoms with Crippen molar-refractivity contribution in [3.8, 4) is 0 Å². The van der Waals surface area contributed by atoms with Crippen LogP contribution in [0.3, 0.4) is 0 Å². The molecule has 1 aliphatic heterocycles. The second-order valence-corrected chi connectivity index (χ2v) is 12.1. The van der Waals surface area contributed by atoms with Crippen molar-refractivity contribution in [1.29, 1.82) is 0 Å². The number of carbonyl (C=O) groups excluding carboxylic acids is 1. The molecule has 1 aromatic heterocycles. The quantitative estimate of drug-likeness (QED) is 0.728. The molecule has 1 unspecified atom stereocenters. The summed E-state index contributed by atoms with van der Waals surface area (Å²) in [5, 5.41) is 0. The summed E-state index contributed by atoms with van der Waals surface area (Å²) in [4.78, 5) is 18.5. The van der Waals surface area contributed by atoms with Crippen LogP contribution in [-0.2, 0) is 22.5 Å². The molecule has 0 bridgehead atoms. The van der Waals surface area contributed by atoms with Gasteiger partial charge in [0.15, 0.2) is 0 Å². The summed E-state index contributed by atoms with van der Waals surface area (Å²) in [5.41, 5.74) is 0.849. The minimum Gasteiger partial charge on any atom is -0.598 e. The first-order chi connectivity index (χ1) is 13.3. The number of nitrogens with zero attached hydrogens (tertiary/aromatic N) is 2. The number of amides is 1. The van der Waals surface area contributed by atoms with Crippen molar-refractivity contribution < 1.29 is 18.5 Å². The van der Waals surface area contributed by atoms with Gasteiger partial charge in [0.2, 0.25) is 0 Å². The second-order valence-electron chi connectivity index (χ2n) is 10.1. The lowest BCUT2D eigenvalue weighted by Gasteiger charge is -2.43. The Morgan fingerprint density at radius 2 is 1.93 bits per heavy atom. The van der Waals surface area contributed by atoms with Gasteiger partial charge >= 0.3 is 6.09 Å². The van der Waals surface area contributed by atoms with Crippen molar-refractivity contribution in [1.82, 2.24) is 14.6 Å². The SMILES string of the molecule is CC(C)(C)OC(=O)N1CCC2(CC1)Cc1ncc(F)cc1[C@H]2N[S+]([O-])C(C)(C)C. The van der Waals surface area contributed by atoms with E-state index in [0.29, 0.717) is 32.4 Å². The molecule has 6 nitrogen and oxygen atoms in total. The van der Waals surface area contributed by atoms with Crippen LogP contribution in [0.25, 0.3) is 0 Å². The van der Waals surface area contributed by atoms with E-state index in [2.05, 4.69) is 9.71 Å². The van der Waals surface area contributed by atoms with Crippen LogP contribution in [-0.4, -0.2) is 44.0 Å². The van der Waals surface area contributed by atoms with Crippen LogP contribution in [0.1, 0.15) is 71.7 Å². The van der Waals surface area contributed by atoms with Gasteiger partial charge in [-0.3, -0.25) is 4.98 Å². The lowest BCUT2D eigenvalue weighted by Crippen LogP contribution is -2.51. The molecule has 2 aliphatic rings. The van der Waals surface area contributed by atoms with E-state index in [0.717, 1.165) is 11.3 Å². The van der Waals surface area contributed by atoms with E-state index in [9.17, 15) is 13.7 Å². The molecule has 1 fully saturated rings. The van der Waals surface area contributed by atoms with Crippen molar-refractivity contribution in [3.63, 3.8) is 0 Å². The van der Waals surface area contributed by atoms with Gasteiger partial charge in [0.25, 0.3) is 0 Å². The first-order valence-corrected chi connectivity index (χ1v) is 11.3. The summed E-state index contributed by atoms with van der Waals surface area (Å²) in [6.45, 7) is 12.4. The Balaban J connectivity index is 1.81. The summed E-state index contributed by atoms with van der Waals surface area (Å²) in [6, 6.07) is 1.25. The van der Waals surface area contributed by atoms with E-state index in [1.807, 2.05) is 41.5 Å². The van der Waals surface area contributed by atoms with Crippen LogP contribution in [0.5, 0.6) is 0 Å². The number of fused-ring (bicyclic) bond motifs is 1. The number of carbonyl (C=O) groups is 1. The molecular weight excluding hydrogens is 393 g/mol. The molecule has 8 heteroatoms. The average Bonchev–Trinajstić information content (AvgIpc) is 2.86. The molecule has 1 spiro atoms. The predicted octanol–water partition coefficient (Wildman–Crippen LogP) is 3.89. The summed E-state index contributed by atoms with van der Waals surface area (Å²) < 4.78 is 35.2. The van der Waals surface area contributed by atoms with Crippen LogP contribution in [0.15, 0.2) is 12.3 Å². The number of likely N-dealkylation sites (tertiary alicyclic amines) is 1. The molecular formula is C21H32FN3O3S. The monoisotopic (exact) mass is 425 g/mol. The molecule has 1 N–H and O–H groups in total. The lowest BCUT2D eigenvalue weighted by atomic mass is 9.73. The molecule has 2 heterocycles. The van der Waals surface area contributed by atoms with Gasteiger partial charge in [-0.25, -0.2) is 9.18 Å². The van der Waals surface area contributed by atoms with Crippen molar-refractivity contribution in [3.05, 3.63) is 29.3 Å². The van der Waals surface area contributed by atoms with Gasteiger partial charge in [-0.05, 0) is 72.4 Å². The van der Waals surface area contributed by atoms with E-state index < -0.39 is 21.7 Å².